The lowest BCUT2D eigenvalue weighted by Crippen LogP contribution is -2.27. The van der Waals surface area contributed by atoms with Gasteiger partial charge in [0, 0.05) is 45.2 Å². The molecule has 3 heterocycles. The van der Waals surface area contributed by atoms with Crippen molar-refractivity contribution in [2.75, 3.05) is 18.5 Å². The van der Waals surface area contributed by atoms with E-state index in [9.17, 15) is 19.5 Å². The van der Waals surface area contributed by atoms with Crippen LogP contribution in [-0.4, -0.2) is 41.0 Å². The first-order chi connectivity index (χ1) is 21.2. The van der Waals surface area contributed by atoms with Gasteiger partial charge in [-0.25, -0.2) is 4.79 Å². The number of carboxylic acids is 1. The molecule has 1 aliphatic rings. The highest BCUT2D eigenvalue weighted by molar-refractivity contribution is 9.10. The van der Waals surface area contributed by atoms with Crippen LogP contribution in [0.3, 0.4) is 0 Å². The molecule has 5 aromatic rings. The fourth-order valence-corrected chi connectivity index (χ4v) is 6.93. The number of aryl methyl sites for hydroxylation is 1. The maximum absolute atomic E-state index is 14.1. The lowest BCUT2D eigenvalue weighted by Gasteiger charge is -2.21. The number of carbonyl (C=O) groups excluding carboxylic acids is 2. The van der Waals surface area contributed by atoms with E-state index in [1.807, 2.05) is 43.6 Å². The van der Waals surface area contributed by atoms with Gasteiger partial charge in [-0.3, -0.25) is 9.59 Å². The number of hydrogen-bond acceptors (Lipinski definition) is 5. The number of aromatic carboxylic acids is 1. The number of benzene rings is 3. The number of amides is 2. The summed E-state index contributed by atoms with van der Waals surface area (Å²) in [6.07, 6.45) is 3.51. The van der Waals surface area contributed by atoms with E-state index in [0.29, 0.717) is 35.7 Å². The van der Waals surface area contributed by atoms with Gasteiger partial charge in [0.1, 0.15) is 5.75 Å². The lowest BCUT2D eigenvalue weighted by atomic mass is 9.90. The second-order valence-electron chi connectivity index (χ2n) is 11.1. The summed E-state index contributed by atoms with van der Waals surface area (Å²) >= 11 is 5.21. The Morgan fingerprint density at radius 2 is 1.84 bits per heavy atom. The summed E-state index contributed by atoms with van der Waals surface area (Å²) in [5.41, 5.74) is 4.58. The summed E-state index contributed by atoms with van der Waals surface area (Å²) < 4.78 is 6.92. The number of nitrogens with one attached hydrogen (secondary N) is 3. The molecule has 0 aliphatic carbocycles. The Kier molecular flexibility index (Phi) is 8.29. The van der Waals surface area contributed by atoms with Crippen LogP contribution in [-0.2, 0) is 6.42 Å². The van der Waals surface area contributed by atoms with Gasteiger partial charge in [-0.05, 0) is 105 Å². The summed E-state index contributed by atoms with van der Waals surface area (Å²) in [5.74, 6) is -1.16. The summed E-state index contributed by atoms with van der Waals surface area (Å²) in [6, 6.07) is 15.8. The molecule has 1 aliphatic heterocycles. The van der Waals surface area contributed by atoms with Gasteiger partial charge in [-0.15, -0.1) is 11.3 Å². The minimum absolute atomic E-state index is 0.0891. The first kappa shape index (κ1) is 29.7. The van der Waals surface area contributed by atoms with Gasteiger partial charge < -0.3 is 25.5 Å². The van der Waals surface area contributed by atoms with Crippen LogP contribution in [0.5, 0.6) is 5.75 Å². The molecule has 0 atom stereocenters. The number of rotatable bonds is 7. The van der Waals surface area contributed by atoms with Crippen LogP contribution < -0.4 is 15.4 Å². The maximum Gasteiger partial charge on any atom is 0.336 e. The van der Waals surface area contributed by atoms with E-state index >= 15 is 0 Å². The Labute approximate surface area is 266 Å². The summed E-state index contributed by atoms with van der Waals surface area (Å²) in [5, 5.41) is 19.1. The number of hydrogen-bond donors (Lipinski definition) is 4. The maximum atomic E-state index is 14.1. The highest BCUT2D eigenvalue weighted by Gasteiger charge is 2.26. The molecule has 0 bridgehead atoms. The van der Waals surface area contributed by atoms with E-state index in [4.69, 9.17) is 4.74 Å². The standard InChI is InChI=1S/C34H30BrN3O5S/c1-18(2)17-37-32(39)20-5-6-21(25(14-20)34(41)42)23-16-29-26(31-19(10-13-44-31)4-3-12-43-29)15-24(23)33(40)38-28-8-7-27-22(30(28)35)9-11-36-27/h5-11,13-16,18,36H,3-4,12,17H2,1-2H3,(H,37,39)(H,38,40)(H,41,42). The van der Waals surface area contributed by atoms with Crippen LogP contribution in [0, 0.1) is 5.92 Å². The topological polar surface area (TPSA) is 121 Å². The number of fused-ring (bicyclic) bond motifs is 4. The van der Waals surface area contributed by atoms with Crippen molar-refractivity contribution in [3.63, 3.8) is 0 Å². The van der Waals surface area contributed by atoms with Crippen molar-refractivity contribution >= 4 is 61.6 Å². The Bertz CT molecular complexity index is 1930. The average molecular weight is 673 g/mol. The fraction of sp³-hybridized carbons (Fsp3) is 0.206. The molecule has 3 aromatic carbocycles. The fourth-order valence-electron chi connectivity index (χ4n) is 5.38. The number of anilines is 1. The van der Waals surface area contributed by atoms with Gasteiger partial charge in [0.15, 0.2) is 0 Å². The highest BCUT2D eigenvalue weighted by Crippen LogP contribution is 2.43. The average Bonchev–Trinajstić information content (AvgIpc) is 3.67. The Morgan fingerprint density at radius 3 is 2.64 bits per heavy atom. The van der Waals surface area contributed by atoms with Gasteiger partial charge in [0.05, 0.1) is 22.3 Å². The molecular weight excluding hydrogens is 642 g/mol. The number of carbonyl (C=O) groups is 3. The molecular formula is C34H30BrN3O5S. The van der Waals surface area contributed by atoms with Crippen molar-refractivity contribution in [3.8, 4) is 27.3 Å². The molecule has 2 aromatic heterocycles. The molecule has 0 saturated heterocycles. The zero-order valence-electron chi connectivity index (χ0n) is 24.1. The summed E-state index contributed by atoms with van der Waals surface area (Å²) in [6.45, 7) is 4.91. The number of aromatic nitrogens is 1. The predicted octanol–water partition coefficient (Wildman–Crippen LogP) is 7.99. The SMILES string of the molecule is CC(C)CNC(=O)c1ccc(-c2cc3c(cc2C(=O)Nc2ccc4[nH]ccc4c2Br)-c2sccc2CCCO3)c(C(=O)O)c1. The lowest BCUT2D eigenvalue weighted by molar-refractivity contribution is 0.0697. The van der Waals surface area contributed by atoms with E-state index in [1.54, 1.807) is 35.6 Å². The predicted molar refractivity (Wildman–Crippen MR) is 177 cm³/mol. The van der Waals surface area contributed by atoms with E-state index in [1.165, 1.54) is 11.6 Å². The van der Waals surface area contributed by atoms with Crippen molar-refractivity contribution in [2.45, 2.75) is 26.7 Å². The zero-order chi connectivity index (χ0) is 31.0. The largest absolute Gasteiger partial charge is 0.493 e. The van der Waals surface area contributed by atoms with Crippen molar-refractivity contribution in [2.24, 2.45) is 5.92 Å². The third-order valence-corrected chi connectivity index (χ3v) is 9.44. The molecule has 6 rings (SSSR count). The van der Waals surface area contributed by atoms with Crippen LogP contribution in [0.2, 0.25) is 0 Å². The number of halogens is 1. The zero-order valence-corrected chi connectivity index (χ0v) is 26.5. The minimum atomic E-state index is -1.21. The summed E-state index contributed by atoms with van der Waals surface area (Å²) in [7, 11) is 0. The van der Waals surface area contributed by atoms with Crippen molar-refractivity contribution < 1.29 is 24.2 Å². The molecule has 44 heavy (non-hydrogen) atoms. The van der Waals surface area contributed by atoms with Crippen LogP contribution in [0.15, 0.2) is 70.6 Å². The van der Waals surface area contributed by atoms with Crippen LogP contribution in [0.1, 0.15) is 56.9 Å². The van der Waals surface area contributed by atoms with Gasteiger partial charge in [-0.2, -0.15) is 0 Å². The Hall–Kier alpha value is -4.41. The van der Waals surface area contributed by atoms with Crippen molar-refractivity contribution in [1.29, 1.82) is 0 Å². The number of carboxylic acid groups (broad SMARTS) is 1. The van der Waals surface area contributed by atoms with Gasteiger partial charge >= 0.3 is 5.97 Å². The van der Waals surface area contributed by atoms with Gasteiger partial charge in [-0.1, -0.05) is 19.9 Å². The number of ether oxygens (including phenoxy) is 1. The van der Waals surface area contributed by atoms with Gasteiger partial charge in [0.2, 0.25) is 0 Å². The smallest absolute Gasteiger partial charge is 0.336 e. The third-order valence-electron chi connectivity index (χ3n) is 7.59. The van der Waals surface area contributed by atoms with Crippen LogP contribution in [0.25, 0.3) is 32.5 Å². The second kappa shape index (κ2) is 12.3. The number of thiophene rings is 1. The molecule has 0 spiro atoms. The Morgan fingerprint density at radius 1 is 1.00 bits per heavy atom. The first-order valence-electron chi connectivity index (χ1n) is 14.3. The molecule has 224 valence electrons. The first-order valence-corrected chi connectivity index (χ1v) is 16.0. The second-order valence-corrected chi connectivity index (χ2v) is 12.8. The molecule has 0 fully saturated rings. The molecule has 8 nitrogen and oxygen atoms in total. The van der Waals surface area contributed by atoms with E-state index in [0.717, 1.165) is 38.7 Å². The van der Waals surface area contributed by atoms with Crippen molar-refractivity contribution in [3.05, 3.63) is 92.9 Å². The van der Waals surface area contributed by atoms with Crippen molar-refractivity contribution in [1.82, 2.24) is 10.3 Å². The quantitative estimate of drug-likeness (QED) is 0.140. The molecule has 2 amide bonds. The van der Waals surface area contributed by atoms with Crippen LogP contribution >= 0.6 is 27.3 Å². The molecule has 0 unspecified atom stereocenters. The monoisotopic (exact) mass is 671 g/mol. The van der Waals surface area contributed by atoms with E-state index < -0.39 is 11.9 Å². The minimum Gasteiger partial charge on any atom is -0.493 e. The highest BCUT2D eigenvalue weighted by atomic mass is 79.9. The Balaban J connectivity index is 1.50. The summed E-state index contributed by atoms with van der Waals surface area (Å²) in [4.78, 5) is 43.7. The molecule has 0 saturated carbocycles. The molecule has 0 radical (unpaired) electrons. The third kappa shape index (κ3) is 5.75. The normalized spacial score (nSPS) is 12.5. The number of aromatic amines is 1. The van der Waals surface area contributed by atoms with Crippen LogP contribution in [0.4, 0.5) is 5.69 Å². The molecule has 4 N–H and O–H groups in total. The van der Waals surface area contributed by atoms with E-state index in [-0.39, 0.29) is 28.5 Å². The van der Waals surface area contributed by atoms with E-state index in [2.05, 4.69) is 37.6 Å². The van der Waals surface area contributed by atoms with Gasteiger partial charge in [0.25, 0.3) is 11.8 Å². The molecule has 10 heteroatoms. The number of H-pyrrole nitrogens is 1.